The summed E-state index contributed by atoms with van der Waals surface area (Å²) in [4.78, 5) is 23.2. The van der Waals surface area contributed by atoms with Gasteiger partial charge in [0.1, 0.15) is 0 Å². The molecule has 5 heteroatoms. The lowest BCUT2D eigenvalue weighted by atomic mass is 10.1. The van der Waals surface area contributed by atoms with E-state index in [1.807, 2.05) is 31.9 Å². The molecular formula is C16H27N3OS. The number of aryl methyl sites for hydroxylation is 2. The molecular weight excluding hydrogens is 282 g/mol. The van der Waals surface area contributed by atoms with Gasteiger partial charge in [0.15, 0.2) is 5.16 Å². The largest absolute Gasteiger partial charge is 0.343 e. The van der Waals surface area contributed by atoms with Crippen molar-refractivity contribution in [1.29, 1.82) is 0 Å². The number of thioether (sulfide) groups is 1. The summed E-state index contributed by atoms with van der Waals surface area (Å²) < 4.78 is 0. The van der Waals surface area contributed by atoms with Crippen LogP contribution in [0.2, 0.25) is 0 Å². The quantitative estimate of drug-likeness (QED) is 0.545. The van der Waals surface area contributed by atoms with Crippen LogP contribution in [0.15, 0.2) is 5.16 Å². The van der Waals surface area contributed by atoms with Crippen LogP contribution in [0.1, 0.15) is 50.1 Å². The molecule has 1 heterocycles. The van der Waals surface area contributed by atoms with E-state index in [1.165, 1.54) is 0 Å². The van der Waals surface area contributed by atoms with Gasteiger partial charge in [-0.05, 0) is 45.4 Å². The molecule has 0 aliphatic rings. The first-order valence-electron chi connectivity index (χ1n) is 7.69. The first kappa shape index (κ1) is 18.0. The molecule has 0 bridgehead atoms. The van der Waals surface area contributed by atoms with Crippen molar-refractivity contribution in [3.8, 4) is 0 Å². The van der Waals surface area contributed by atoms with Gasteiger partial charge in [0, 0.05) is 30.9 Å². The third kappa shape index (κ3) is 5.30. The number of aromatic nitrogens is 2. The predicted octanol–water partition coefficient (Wildman–Crippen LogP) is 3.40. The van der Waals surface area contributed by atoms with Gasteiger partial charge in [-0.3, -0.25) is 4.79 Å². The molecule has 1 amide bonds. The highest BCUT2D eigenvalue weighted by Crippen LogP contribution is 2.17. The molecule has 0 saturated carbocycles. The summed E-state index contributed by atoms with van der Waals surface area (Å²) in [6.07, 6.45) is 5.44. The molecule has 0 spiro atoms. The van der Waals surface area contributed by atoms with Crippen LogP contribution >= 0.6 is 11.8 Å². The van der Waals surface area contributed by atoms with Crippen molar-refractivity contribution in [1.82, 2.24) is 14.9 Å². The van der Waals surface area contributed by atoms with Gasteiger partial charge in [-0.1, -0.05) is 25.1 Å². The van der Waals surface area contributed by atoms with Crippen molar-refractivity contribution in [3.63, 3.8) is 0 Å². The zero-order chi connectivity index (χ0) is 15.8. The first-order chi connectivity index (χ1) is 10.0. The molecule has 0 saturated heterocycles. The van der Waals surface area contributed by atoms with Crippen LogP contribution in [0, 0.1) is 13.8 Å². The maximum atomic E-state index is 12.3. The highest BCUT2D eigenvalue weighted by molar-refractivity contribution is 7.98. The van der Waals surface area contributed by atoms with Crippen molar-refractivity contribution in [3.05, 3.63) is 17.0 Å². The van der Waals surface area contributed by atoms with Crippen LogP contribution < -0.4 is 0 Å². The third-order valence-corrected chi connectivity index (χ3v) is 4.24. The Kier molecular flexibility index (Phi) is 7.72. The summed E-state index contributed by atoms with van der Waals surface area (Å²) in [5.41, 5.74) is 3.11. The second kappa shape index (κ2) is 9.03. The Hall–Kier alpha value is -1.10. The SMILES string of the molecule is CCCCN(CC)C(=O)CCc1c(C)nc(SC)nc1C. The zero-order valence-electron chi connectivity index (χ0n) is 13.9. The molecule has 0 aromatic carbocycles. The maximum Gasteiger partial charge on any atom is 0.222 e. The van der Waals surface area contributed by atoms with Crippen molar-refractivity contribution in [2.45, 2.75) is 58.5 Å². The van der Waals surface area contributed by atoms with Crippen molar-refractivity contribution in [2.24, 2.45) is 0 Å². The Balaban J connectivity index is 2.68. The van der Waals surface area contributed by atoms with Crippen molar-refractivity contribution >= 4 is 17.7 Å². The Morgan fingerprint density at radius 3 is 2.29 bits per heavy atom. The summed E-state index contributed by atoms with van der Waals surface area (Å²) in [6, 6.07) is 0. The van der Waals surface area contributed by atoms with E-state index in [4.69, 9.17) is 0 Å². The van der Waals surface area contributed by atoms with Gasteiger partial charge < -0.3 is 4.90 Å². The fourth-order valence-electron chi connectivity index (χ4n) is 2.36. The molecule has 4 nitrogen and oxygen atoms in total. The average Bonchev–Trinajstić information content (AvgIpc) is 2.46. The Labute approximate surface area is 132 Å². The third-order valence-electron chi connectivity index (χ3n) is 3.69. The van der Waals surface area contributed by atoms with Crippen LogP contribution in [0.4, 0.5) is 0 Å². The number of hydrogen-bond acceptors (Lipinski definition) is 4. The minimum Gasteiger partial charge on any atom is -0.343 e. The summed E-state index contributed by atoms with van der Waals surface area (Å²) in [7, 11) is 0. The molecule has 1 aromatic heterocycles. The van der Waals surface area contributed by atoms with Gasteiger partial charge in [-0.15, -0.1) is 0 Å². The number of unbranched alkanes of at least 4 members (excludes halogenated alkanes) is 1. The average molecular weight is 309 g/mol. The normalized spacial score (nSPS) is 10.7. The number of nitrogens with zero attached hydrogens (tertiary/aromatic N) is 3. The molecule has 21 heavy (non-hydrogen) atoms. The van der Waals surface area contributed by atoms with E-state index < -0.39 is 0 Å². The monoisotopic (exact) mass is 309 g/mol. The van der Waals surface area contributed by atoms with Crippen LogP contribution in [0.5, 0.6) is 0 Å². The van der Waals surface area contributed by atoms with E-state index in [0.717, 1.165) is 54.5 Å². The van der Waals surface area contributed by atoms with Crippen LogP contribution in [-0.4, -0.2) is 40.1 Å². The molecule has 1 rings (SSSR count). The first-order valence-corrected chi connectivity index (χ1v) is 8.91. The van der Waals surface area contributed by atoms with Gasteiger partial charge in [0.05, 0.1) is 0 Å². The summed E-state index contributed by atoms with van der Waals surface area (Å²) in [6.45, 7) is 9.85. The summed E-state index contributed by atoms with van der Waals surface area (Å²) in [5, 5.41) is 0.804. The molecule has 0 unspecified atom stereocenters. The molecule has 0 atom stereocenters. The Morgan fingerprint density at radius 2 is 1.81 bits per heavy atom. The molecule has 0 fully saturated rings. The van der Waals surface area contributed by atoms with Gasteiger partial charge >= 0.3 is 0 Å². The van der Waals surface area contributed by atoms with E-state index >= 15 is 0 Å². The van der Waals surface area contributed by atoms with Gasteiger partial charge in [-0.2, -0.15) is 0 Å². The predicted molar refractivity (Wildman–Crippen MR) is 88.8 cm³/mol. The second-order valence-electron chi connectivity index (χ2n) is 5.19. The van der Waals surface area contributed by atoms with Crippen molar-refractivity contribution in [2.75, 3.05) is 19.3 Å². The second-order valence-corrected chi connectivity index (χ2v) is 5.96. The Morgan fingerprint density at radius 1 is 1.19 bits per heavy atom. The molecule has 1 aromatic rings. The zero-order valence-corrected chi connectivity index (χ0v) is 14.7. The highest BCUT2D eigenvalue weighted by atomic mass is 32.2. The minimum absolute atomic E-state index is 0.235. The van der Waals surface area contributed by atoms with Crippen LogP contribution in [0.25, 0.3) is 0 Å². The molecule has 0 radical (unpaired) electrons. The van der Waals surface area contributed by atoms with E-state index in [1.54, 1.807) is 11.8 Å². The van der Waals surface area contributed by atoms with Gasteiger partial charge in [0.2, 0.25) is 5.91 Å². The smallest absolute Gasteiger partial charge is 0.222 e. The standard InChI is InChI=1S/C16H27N3OS/c1-6-8-11-19(7-2)15(20)10-9-14-12(3)17-16(21-5)18-13(14)4/h6-11H2,1-5H3. The summed E-state index contributed by atoms with van der Waals surface area (Å²) in [5.74, 6) is 0.235. The fourth-order valence-corrected chi connectivity index (χ4v) is 2.82. The lowest BCUT2D eigenvalue weighted by Gasteiger charge is -2.21. The fraction of sp³-hybridized carbons (Fsp3) is 0.688. The minimum atomic E-state index is 0.235. The Bertz CT molecular complexity index is 454. The van der Waals surface area contributed by atoms with E-state index in [9.17, 15) is 4.79 Å². The topological polar surface area (TPSA) is 46.1 Å². The van der Waals surface area contributed by atoms with Gasteiger partial charge in [0.25, 0.3) is 0 Å². The van der Waals surface area contributed by atoms with E-state index in [0.29, 0.717) is 6.42 Å². The van der Waals surface area contributed by atoms with E-state index in [2.05, 4.69) is 16.9 Å². The van der Waals surface area contributed by atoms with E-state index in [-0.39, 0.29) is 5.91 Å². The lowest BCUT2D eigenvalue weighted by molar-refractivity contribution is -0.131. The van der Waals surface area contributed by atoms with Crippen molar-refractivity contribution < 1.29 is 4.79 Å². The maximum absolute atomic E-state index is 12.3. The molecule has 0 N–H and O–H groups in total. The highest BCUT2D eigenvalue weighted by Gasteiger charge is 2.14. The number of carbonyl (C=O) groups is 1. The summed E-state index contributed by atoms with van der Waals surface area (Å²) >= 11 is 1.55. The lowest BCUT2D eigenvalue weighted by Crippen LogP contribution is -2.32. The molecule has 0 aliphatic heterocycles. The number of rotatable bonds is 8. The molecule has 118 valence electrons. The number of amides is 1. The van der Waals surface area contributed by atoms with Crippen LogP contribution in [-0.2, 0) is 11.2 Å². The van der Waals surface area contributed by atoms with Gasteiger partial charge in [-0.25, -0.2) is 9.97 Å². The molecule has 0 aliphatic carbocycles. The van der Waals surface area contributed by atoms with Crippen LogP contribution in [0.3, 0.4) is 0 Å². The number of carbonyl (C=O) groups excluding carboxylic acids is 1. The number of hydrogen-bond donors (Lipinski definition) is 0.